The molecule has 2 heterocycles. The average molecular weight is 571 g/mol. The van der Waals surface area contributed by atoms with Crippen LogP contribution in [-0.2, 0) is 17.9 Å². The zero-order valence-corrected chi connectivity index (χ0v) is 21.5. The third kappa shape index (κ3) is 6.69. The van der Waals surface area contributed by atoms with Crippen LogP contribution in [0.2, 0.25) is 0 Å². The van der Waals surface area contributed by atoms with Crippen LogP contribution >= 0.6 is 24.0 Å². The first-order valence-corrected chi connectivity index (χ1v) is 11.3. The first kappa shape index (κ1) is 25.5. The molecule has 1 aromatic heterocycles. The number of para-hydroxylation sites is 1. The fraction of sp³-hybridized carbons (Fsp3) is 0.269. The van der Waals surface area contributed by atoms with Crippen LogP contribution in [0.25, 0.3) is 0 Å². The number of fused-ring (bicyclic) bond motifs is 1. The molecule has 3 N–H and O–H groups in total. The fourth-order valence-corrected chi connectivity index (χ4v) is 3.95. The highest BCUT2D eigenvalue weighted by Gasteiger charge is 2.24. The van der Waals surface area contributed by atoms with Crippen LogP contribution in [0.5, 0.6) is 0 Å². The second kappa shape index (κ2) is 12.4. The van der Waals surface area contributed by atoms with E-state index in [4.69, 9.17) is 4.99 Å². The lowest BCUT2D eigenvalue weighted by Gasteiger charge is -2.26. The van der Waals surface area contributed by atoms with Gasteiger partial charge in [0.15, 0.2) is 5.96 Å². The molecule has 178 valence electrons. The van der Waals surface area contributed by atoms with E-state index in [2.05, 4.69) is 22.0 Å². The maximum atomic E-state index is 12.1. The number of guanidine groups is 1. The quantitative estimate of drug-likeness (QED) is 0.230. The van der Waals surface area contributed by atoms with Crippen molar-refractivity contribution in [2.45, 2.75) is 32.4 Å². The summed E-state index contributed by atoms with van der Waals surface area (Å²) in [7, 11) is 0. The first-order valence-electron chi connectivity index (χ1n) is 11.3. The summed E-state index contributed by atoms with van der Waals surface area (Å²) in [6.45, 7) is 4.48. The lowest BCUT2D eigenvalue weighted by molar-refractivity contribution is -0.116. The summed E-state index contributed by atoms with van der Waals surface area (Å²) in [5, 5.41) is 9.61. The van der Waals surface area contributed by atoms with Gasteiger partial charge in [0.05, 0.1) is 13.1 Å². The SMILES string of the molecule is CCNC(=NCc1ccc(Cn2ccccc2=O)cc1)NCC1CC(=O)Nc2ccccc21.I. The summed E-state index contributed by atoms with van der Waals surface area (Å²) in [4.78, 5) is 28.7. The average Bonchev–Trinajstić information content (AvgIpc) is 2.83. The van der Waals surface area contributed by atoms with Crippen molar-refractivity contribution in [2.75, 3.05) is 18.4 Å². The molecule has 1 aliphatic rings. The molecule has 4 rings (SSSR count). The predicted octanol–water partition coefficient (Wildman–Crippen LogP) is 3.70. The van der Waals surface area contributed by atoms with Gasteiger partial charge in [0.2, 0.25) is 5.91 Å². The highest BCUT2D eigenvalue weighted by molar-refractivity contribution is 14.0. The van der Waals surface area contributed by atoms with Gasteiger partial charge >= 0.3 is 0 Å². The van der Waals surface area contributed by atoms with E-state index in [9.17, 15) is 9.59 Å². The number of nitrogens with zero attached hydrogens (tertiary/aromatic N) is 2. The number of hydrogen-bond acceptors (Lipinski definition) is 3. The van der Waals surface area contributed by atoms with Crippen LogP contribution in [0.3, 0.4) is 0 Å². The van der Waals surface area contributed by atoms with E-state index in [1.165, 1.54) is 0 Å². The van der Waals surface area contributed by atoms with E-state index < -0.39 is 0 Å². The molecule has 0 saturated carbocycles. The standard InChI is InChI=1S/C26H29N5O2.HI/c1-2-27-26(29-17-21-15-24(32)30-23-8-4-3-7-22(21)23)28-16-19-10-12-20(13-11-19)18-31-14-6-5-9-25(31)33;/h3-14,21H,2,15-18H2,1H3,(H,30,32)(H2,27,28,29);1H. The lowest BCUT2D eigenvalue weighted by Crippen LogP contribution is -2.40. The van der Waals surface area contributed by atoms with E-state index in [-0.39, 0.29) is 41.4 Å². The molecule has 3 aromatic rings. The molecule has 1 amide bonds. The molecule has 0 radical (unpaired) electrons. The summed E-state index contributed by atoms with van der Waals surface area (Å²) < 4.78 is 1.68. The van der Waals surface area contributed by atoms with Gasteiger partial charge in [-0.25, -0.2) is 4.99 Å². The zero-order valence-electron chi connectivity index (χ0n) is 19.2. The molecular formula is C26H30IN5O2. The second-order valence-electron chi connectivity index (χ2n) is 8.10. The number of halogens is 1. The number of carbonyl (C=O) groups excluding carboxylic acids is 1. The number of hydrogen-bond donors (Lipinski definition) is 3. The van der Waals surface area contributed by atoms with Crippen LogP contribution in [0.1, 0.15) is 36.0 Å². The maximum absolute atomic E-state index is 12.1. The maximum Gasteiger partial charge on any atom is 0.250 e. The Hall–Kier alpha value is -3.14. The lowest BCUT2D eigenvalue weighted by atomic mass is 9.90. The molecule has 1 atom stereocenters. The van der Waals surface area contributed by atoms with Gasteiger partial charge in [-0.2, -0.15) is 0 Å². The molecule has 0 bridgehead atoms. The van der Waals surface area contributed by atoms with Gasteiger partial charge in [0, 0.05) is 43.4 Å². The predicted molar refractivity (Wildman–Crippen MR) is 147 cm³/mol. The van der Waals surface area contributed by atoms with Gasteiger partial charge < -0.3 is 20.5 Å². The Morgan fingerprint density at radius 2 is 1.74 bits per heavy atom. The minimum Gasteiger partial charge on any atom is -0.357 e. The number of aromatic nitrogens is 1. The molecular weight excluding hydrogens is 541 g/mol. The van der Waals surface area contributed by atoms with Crippen molar-refractivity contribution in [3.63, 3.8) is 0 Å². The Bertz CT molecular complexity index is 1190. The Kier molecular flexibility index (Phi) is 9.26. The van der Waals surface area contributed by atoms with Gasteiger partial charge in [-0.1, -0.05) is 48.5 Å². The summed E-state index contributed by atoms with van der Waals surface area (Å²) in [6, 6.07) is 21.3. The van der Waals surface area contributed by atoms with Crippen molar-refractivity contribution < 1.29 is 4.79 Å². The second-order valence-corrected chi connectivity index (χ2v) is 8.10. The Morgan fingerprint density at radius 3 is 2.50 bits per heavy atom. The number of benzene rings is 2. The smallest absolute Gasteiger partial charge is 0.250 e. The normalized spacial score (nSPS) is 15.0. The number of aliphatic imine (C=N–C) groups is 1. The monoisotopic (exact) mass is 571 g/mol. The molecule has 0 saturated heterocycles. The number of carbonyl (C=O) groups is 1. The summed E-state index contributed by atoms with van der Waals surface area (Å²) in [6.07, 6.45) is 2.25. The van der Waals surface area contributed by atoms with E-state index in [0.717, 1.165) is 34.9 Å². The molecule has 8 heteroatoms. The topological polar surface area (TPSA) is 87.5 Å². The Morgan fingerprint density at radius 1 is 1.00 bits per heavy atom. The van der Waals surface area contributed by atoms with Gasteiger partial charge in [-0.3, -0.25) is 9.59 Å². The van der Waals surface area contributed by atoms with Gasteiger partial charge in [-0.05, 0) is 35.7 Å². The van der Waals surface area contributed by atoms with Crippen LogP contribution in [0.4, 0.5) is 5.69 Å². The third-order valence-corrected chi connectivity index (χ3v) is 5.66. The molecule has 0 spiro atoms. The molecule has 0 aliphatic carbocycles. The summed E-state index contributed by atoms with van der Waals surface area (Å²) in [5.74, 6) is 0.862. The summed E-state index contributed by atoms with van der Waals surface area (Å²) >= 11 is 0. The minimum atomic E-state index is -0.00870. The van der Waals surface area contributed by atoms with Crippen molar-refractivity contribution >= 4 is 41.5 Å². The number of amides is 1. The largest absolute Gasteiger partial charge is 0.357 e. The molecule has 7 nitrogen and oxygen atoms in total. The van der Waals surface area contributed by atoms with Crippen molar-refractivity contribution in [2.24, 2.45) is 4.99 Å². The van der Waals surface area contributed by atoms with Crippen LogP contribution in [0.15, 0.2) is 82.7 Å². The van der Waals surface area contributed by atoms with Gasteiger partial charge in [0.1, 0.15) is 0 Å². The Balaban J connectivity index is 0.00000324. The fourth-order valence-electron chi connectivity index (χ4n) is 3.95. The molecule has 2 aromatic carbocycles. The van der Waals surface area contributed by atoms with Crippen LogP contribution in [-0.4, -0.2) is 29.5 Å². The summed E-state index contributed by atoms with van der Waals surface area (Å²) in [5.41, 5.74) is 4.17. The van der Waals surface area contributed by atoms with Crippen molar-refractivity contribution in [3.8, 4) is 0 Å². The number of rotatable bonds is 7. The van der Waals surface area contributed by atoms with Gasteiger partial charge in [0.25, 0.3) is 5.56 Å². The van der Waals surface area contributed by atoms with E-state index >= 15 is 0 Å². The van der Waals surface area contributed by atoms with Crippen molar-refractivity contribution in [3.05, 3.63) is 100.0 Å². The van der Waals surface area contributed by atoms with Crippen LogP contribution < -0.4 is 21.5 Å². The third-order valence-electron chi connectivity index (χ3n) is 5.66. The van der Waals surface area contributed by atoms with Gasteiger partial charge in [-0.15, -0.1) is 24.0 Å². The van der Waals surface area contributed by atoms with Crippen molar-refractivity contribution in [1.29, 1.82) is 0 Å². The zero-order chi connectivity index (χ0) is 23.0. The van der Waals surface area contributed by atoms with Crippen LogP contribution in [0, 0.1) is 0 Å². The molecule has 34 heavy (non-hydrogen) atoms. The highest BCUT2D eigenvalue weighted by Crippen LogP contribution is 2.31. The highest BCUT2D eigenvalue weighted by atomic mass is 127. The van der Waals surface area contributed by atoms with E-state index in [1.807, 2.05) is 55.5 Å². The minimum absolute atomic E-state index is 0. The van der Waals surface area contributed by atoms with E-state index in [0.29, 0.717) is 26.1 Å². The van der Waals surface area contributed by atoms with E-state index in [1.54, 1.807) is 22.9 Å². The molecule has 0 fully saturated rings. The number of anilines is 1. The number of nitrogens with one attached hydrogen (secondary N) is 3. The Labute approximate surface area is 216 Å². The number of pyridine rings is 1. The van der Waals surface area contributed by atoms with Crippen molar-refractivity contribution in [1.82, 2.24) is 15.2 Å². The molecule has 1 aliphatic heterocycles. The molecule has 1 unspecified atom stereocenters. The first-order chi connectivity index (χ1) is 16.1.